The molecule has 7 nitrogen and oxygen atoms in total. The van der Waals surface area contributed by atoms with Crippen LogP contribution < -0.4 is 15.5 Å². The van der Waals surface area contributed by atoms with Crippen LogP contribution in [0.1, 0.15) is 30.9 Å². The highest BCUT2D eigenvalue weighted by Gasteiger charge is 2.21. The largest absolute Gasteiger partial charge is 0.369 e. The number of hydrogen-bond acceptors (Lipinski definition) is 6. The van der Waals surface area contributed by atoms with Crippen molar-refractivity contribution in [2.24, 2.45) is 0 Å². The number of piperazine rings is 1. The van der Waals surface area contributed by atoms with Crippen molar-refractivity contribution in [3.63, 3.8) is 0 Å². The van der Waals surface area contributed by atoms with E-state index in [-0.39, 0.29) is 0 Å². The summed E-state index contributed by atoms with van der Waals surface area (Å²) in [4.78, 5) is 9.92. The predicted molar refractivity (Wildman–Crippen MR) is 147 cm³/mol. The molecule has 1 aliphatic heterocycles. The molecule has 3 heterocycles. The number of pyridine rings is 1. The fraction of sp³-hybridized carbons (Fsp3) is 0.429. The van der Waals surface area contributed by atoms with Crippen molar-refractivity contribution in [3.05, 3.63) is 53.7 Å². The third-order valence-corrected chi connectivity index (χ3v) is 7.24. The maximum Gasteiger partial charge on any atom is 0.134 e. The number of benzene rings is 2. The van der Waals surface area contributed by atoms with Gasteiger partial charge in [-0.25, -0.2) is 4.98 Å². The van der Waals surface area contributed by atoms with Crippen molar-refractivity contribution in [2.45, 2.75) is 32.6 Å². The van der Waals surface area contributed by atoms with Crippen LogP contribution >= 0.6 is 0 Å². The van der Waals surface area contributed by atoms with Crippen LogP contribution in [0.15, 0.2) is 42.6 Å². The quantitative estimate of drug-likeness (QED) is 0.400. The first-order chi connectivity index (χ1) is 17.2. The van der Waals surface area contributed by atoms with Crippen LogP contribution in [0.2, 0.25) is 0 Å². The summed E-state index contributed by atoms with van der Waals surface area (Å²) in [6, 6.07) is 13.0. The van der Waals surface area contributed by atoms with Crippen molar-refractivity contribution in [3.8, 4) is 0 Å². The summed E-state index contributed by atoms with van der Waals surface area (Å²) in [5.74, 6) is 1.01. The van der Waals surface area contributed by atoms with Gasteiger partial charge in [-0.2, -0.15) is 5.10 Å². The molecule has 0 atom stereocenters. The Balaban J connectivity index is 0.000000591. The van der Waals surface area contributed by atoms with Crippen LogP contribution in [0.25, 0.3) is 21.8 Å². The zero-order chi connectivity index (χ0) is 24.2. The molecule has 0 bridgehead atoms. The van der Waals surface area contributed by atoms with Crippen LogP contribution in [0.5, 0.6) is 0 Å². The Hall–Kier alpha value is -3.16. The summed E-state index contributed by atoms with van der Waals surface area (Å²) in [5.41, 5.74) is 7.35. The SMILES string of the molecule is CCNC.CN1CCN(c2ccc(Nc3nc4ccc5[nH]ncc5c4c4c3CCCC4)cc2)CC1. The molecule has 1 saturated heterocycles. The summed E-state index contributed by atoms with van der Waals surface area (Å²) in [6.45, 7) is 7.56. The van der Waals surface area contributed by atoms with Gasteiger partial charge < -0.3 is 20.4 Å². The summed E-state index contributed by atoms with van der Waals surface area (Å²) in [6.07, 6.45) is 6.58. The number of aromatic nitrogens is 3. The molecule has 35 heavy (non-hydrogen) atoms. The van der Waals surface area contributed by atoms with Gasteiger partial charge in [0.05, 0.1) is 17.2 Å². The molecule has 1 fully saturated rings. The molecule has 0 radical (unpaired) electrons. The molecule has 0 amide bonds. The minimum atomic E-state index is 1.01. The Kier molecular flexibility index (Phi) is 7.16. The third-order valence-electron chi connectivity index (χ3n) is 7.24. The van der Waals surface area contributed by atoms with Gasteiger partial charge >= 0.3 is 0 Å². The number of fused-ring (bicyclic) bond motifs is 5. The molecule has 7 heteroatoms. The molecule has 0 unspecified atom stereocenters. The zero-order valence-electron chi connectivity index (χ0n) is 21.2. The fourth-order valence-electron chi connectivity index (χ4n) is 5.11. The molecule has 0 spiro atoms. The summed E-state index contributed by atoms with van der Waals surface area (Å²) < 4.78 is 0. The van der Waals surface area contributed by atoms with Crippen molar-refractivity contribution in [2.75, 3.05) is 57.0 Å². The maximum atomic E-state index is 5.07. The van der Waals surface area contributed by atoms with Crippen molar-refractivity contribution < 1.29 is 0 Å². The summed E-state index contributed by atoms with van der Waals surface area (Å²) >= 11 is 0. The summed E-state index contributed by atoms with van der Waals surface area (Å²) in [5, 5.41) is 16.4. The standard InChI is InChI=1S/C25H28N6.C3H9N/c1-30-12-14-31(15-13-30)18-8-6-17(7-9-18)27-25-20-5-3-2-4-19(20)24-21-16-26-29-22(21)10-11-23(24)28-25;1-3-4-2/h6-11,16H,2-5,12-15H2,1H3,(H,26,29)(H,27,28);4H,3H2,1-2H3. The number of likely N-dealkylation sites (N-methyl/N-ethyl adjacent to an activating group) is 1. The number of aryl methyl sites for hydroxylation is 1. The van der Waals surface area contributed by atoms with Gasteiger partial charge in [0.1, 0.15) is 5.82 Å². The van der Waals surface area contributed by atoms with Crippen molar-refractivity contribution >= 4 is 39.0 Å². The monoisotopic (exact) mass is 471 g/mol. The number of H-pyrrole nitrogens is 1. The highest BCUT2D eigenvalue weighted by atomic mass is 15.2. The zero-order valence-corrected chi connectivity index (χ0v) is 21.2. The van der Waals surface area contributed by atoms with Gasteiger partial charge in [-0.05, 0) is 93.8 Å². The smallest absolute Gasteiger partial charge is 0.134 e. The third kappa shape index (κ3) is 4.97. The lowest BCUT2D eigenvalue weighted by Gasteiger charge is -2.34. The second-order valence-corrected chi connectivity index (χ2v) is 9.58. The van der Waals surface area contributed by atoms with Gasteiger partial charge in [0.15, 0.2) is 0 Å². The lowest BCUT2D eigenvalue weighted by Crippen LogP contribution is -2.44. The number of hydrogen-bond donors (Lipinski definition) is 3. The van der Waals surface area contributed by atoms with E-state index >= 15 is 0 Å². The van der Waals surface area contributed by atoms with Crippen LogP contribution in [-0.4, -0.2) is 66.9 Å². The van der Waals surface area contributed by atoms with Crippen molar-refractivity contribution in [1.29, 1.82) is 0 Å². The van der Waals surface area contributed by atoms with E-state index in [1.165, 1.54) is 40.4 Å². The Bertz CT molecular complexity index is 1270. The fourth-order valence-corrected chi connectivity index (χ4v) is 5.11. The van der Waals surface area contributed by atoms with Crippen LogP contribution in [0.4, 0.5) is 17.2 Å². The van der Waals surface area contributed by atoms with E-state index in [0.717, 1.165) is 68.1 Å². The molecule has 2 aromatic heterocycles. The molecule has 2 aliphatic rings. The van der Waals surface area contributed by atoms with Crippen LogP contribution in [-0.2, 0) is 12.8 Å². The lowest BCUT2D eigenvalue weighted by molar-refractivity contribution is 0.313. The molecular weight excluding hydrogens is 434 g/mol. The minimum absolute atomic E-state index is 1.01. The average Bonchev–Trinajstić information content (AvgIpc) is 3.39. The molecule has 6 rings (SSSR count). The van der Waals surface area contributed by atoms with Gasteiger partial charge in [-0.3, -0.25) is 5.10 Å². The predicted octanol–water partition coefficient (Wildman–Crippen LogP) is 4.71. The van der Waals surface area contributed by atoms with Gasteiger partial charge in [-0.1, -0.05) is 6.92 Å². The molecule has 184 valence electrons. The molecule has 2 aromatic carbocycles. The number of rotatable bonds is 4. The van der Waals surface area contributed by atoms with E-state index in [4.69, 9.17) is 4.98 Å². The summed E-state index contributed by atoms with van der Waals surface area (Å²) in [7, 11) is 4.12. The van der Waals surface area contributed by atoms with Gasteiger partial charge in [0, 0.05) is 48.3 Å². The first kappa shape index (κ1) is 23.6. The number of aromatic amines is 1. The maximum absolute atomic E-state index is 5.07. The number of anilines is 3. The van der Waals surface area contributed by atoms with Crippen LogP contribution in [0, 0.1) is 0 Å². The Labute approximate surface area is 207 Å². The second kappa shape index (κ2) is 10.6. The normalized spacial score (nSPS) is 16.1. The molecule has 4 aromatic rings. The highest BCUT2D eigenvalue weighted by molar-refractivity contribution is 6.07. The molecule has 1 aliphatic carbocycles. The van der Waals surface area contributed by atoms with Gasteiger partial charge in [0.25, 0.3) is 0 Å². The topological polar surface area (TPSA) is 72.1 Å². The van der Waals surface area contributed by atoms with Crippen LogP contribution in [0.3, 0.4) is 0 Å². The van der Waals surface area contributed by atoms with E-state index in [1.807, 2.05) is 13.2 Å². The Morgan fingerprint density at radius 3 is 2.37 bits per heavy atom. The van der Waals surface area contributed by atoms with Gasteiger partial charge in [-0.15, -0.1) is 0 Å². The second-order valence-electron chi connectivity index (χ2n) is 9.58. The van der Waals surface area contributed by atoms with Crippen molar-refractivity contribution in [1.82, 2.24) is 25.4 Å². The first-order valence-corrected chi connectivity index (χ1v) is 12.9. The highest BCUT2D eigenvalue weighted by Crippen LogP contribution is 2.37. The molecule has 3 N–H and O–H groups in total. The average molecular weight is 472 g/mol. The van der Waals surface area contributed by atoms with E-state index in [1.54, 1.807) is 0 Å². The van der Waals surface area contributed by atoms with E-state index in [9.17, 15) is 0 Å². The van der Waals surface area contributed by atoms with E-state index in [0.29, 0.717) is 0 Å². The van der Waals surface area contributed by atoms with E-state index < -0.39 is 0 Å². The molecular formula is C28H37N7. The first-order valence-electron chi connectivity index (χ1n) is 12.9. The minimum Gasteiger partial charge on any atom is -0.369 e. The lowest BCUT2D eigenvalue weighted by atomic mass is 9.88. The Morgan fingerprint density at radius 1 is 0.943 bits per heavy atom. The van der Waals surface area contributed by atoms with E-state index in [2.05, 4.69) is 81.0 Å². The Morgan fingerprint density at radius 2 is 1.66 bits per heavy atom. The van der Waals surface area contributed by atoms with Gasteiger partial charge in [0.2, 0.25) is 0 Å². The number of nitrogens with zero attached hydrogens (tertiary/aromatic N) is 4. The molecule has 0 saturated carbocycles. The number of nitrogens with one attached hydrogen (secondary N) is 3.